The maximum atomic E-state index is 11.5. The molecule has 0 bridgehead atoms. The number of pyridine rings is 1. The number of amides is 2. The molecular weight excluding hydrogens is 250 g/mol. The monoisotopic (exact) mass is 267 g/mol. The zero-order chi connectivity index (χ0) is 14.1. The van der Waals surface area contributed by atoms with Crippen molar-refractivity contribution < 1.29 is 19.1 Å². The van der Waals surface area contributed by atoms with Crippen LogP contribution >= 0.6 is 0 Å². The van der Waals surface area contributed by atoms with Crippen molar-refractivity contribution in [1.29, 1.82) is 0 Å². The summed E-state index contributed by atoms with van der Waals surface area (Å²) in [6.07, 6.45) is 1.62. The minimum Gasteiger partial charge on any atom is -0.481 e. The molecule has 1 aromatic heterocycles. The molecule has 0 aliphatic rings. The van der Waals surface area contributed by atoms with Crippen molar-refractivity contribution in [3.63, 3.8) is 0 Å². The van der Waals surface area contributed by atoms with Crippen LogP contribution in [-0.2, 0) is 9.53 Å². The Bertz CT molecular complexity index is 419. The lowest BCUT2D eigenvalue weighted by Crippen LogP contribution is -2.30. The number of rotatable bonds is 6. The zero-order valence-corrected chi connectivity index (χ0v) is 10.9. The van der Waals surface area contributed by atoms with Crippen LogP contribution in [0.4, 0.5) is 10.5 Å². The fourth-order valence-electron chi connectivity index (χ4n) is 1.26. The SMILES string of the molecule is CCOC(=O)CCNC(=O)Nc1ccc(OC)nc1. The average molecular weight is 267 g/mol. The molecule has 104 valence electrons. The molecule has 0 fully saturated rings. The minimum atomic E-state index is -0.406. The van der Waals surface area contributed by atoms with Crippen molar-refractivity contribution in [2.45, 2.75) is 13.3 Å². The zero-order valence-electron chi connectivity index (χ0n) is 10.9. The van der Waals surface area contributed by atoms with Crippen LogP contribution in [0, 0.1) is 0 Å². The second kappa shape index (κ2) is 7.91. The third-order valence-corrected chi connectivity index (χ3v) is 2.12. The summed E-state index contributed by atoms with van der Waals surface area (Å²) in [7, 11) is 1.51. The number of nitrogens with zero attached hydrogens (tertiary/aromatic N) is 1. The van der Waals surface area contributed by atoms with E-state index in [-0.39, 0.29) is 18.9 Å². The highest BCUT2D eigenvalue weighted by molar-refractivity contribution is 5.89. The lowest BCUT2D eigenvalue weighted by molar-refractivity contribution is -0.142. The Morgan fingerprint density at radius 3 is 2.74 bits per heavy atom. The van der Waals surface area contributed by atoms with Gasteiger partial charge in [0.2, 0.25) is 5.88 Å². The minimum absolute atomic E-state index is 0.141. The number of ether oxygens (including phenoxy) is 2. The Labute approximate surface area is 111 Å². The quantitative estimate of drug-likeness (QED) is 0.755. The van der Waals surface area contributed by atoms with E-state index in [4.69, 9.17) is 9.47 Å². The number of carbonyl (C=O) groups excluding carboxylic acids is 2. The van der Waals surface area contributed by atoms with Crippen molar-refractivity contribution in [3.05, 3.63) is 18.3 Å². The molecule has 2 N–H and O–H groups in total. The highest BCUT2D eigenvalue weighted by Gasteiger charge is 2.05. The molecule has 0 aromatic carbocycles. The summed E-state index contributed by atoms with van der Waals surface area (Å²) in [5, 5.41) is 5.12. The molecule has 7 nitrogen and oxygen atoms in total. The molecule has 0 aliphatic carbocycles. The van der Waals surface area contributed by atoms with Gasteiger partial charge in [0.1, 0.15) is 0 Å². The Morgan fingerprint density at radius 2 is 2.16 bits per heavy atom. The highest BCUT2D eigenvalue weighted by atomic mass is 16.5. The normalized spacial score (nSPS) is 9.58. The van der Waals surface area contributed by atoms with E-state index >= 15 is 0 Å². The predicted molar refractivity (Wildman–Crippen MR) is 69.1 cm³/mol. The van der Waals surface area contributed by atoms with Gasteiger partial charge in [0.05, 0.1) is 32.0 Å². The van der Waals surface area contributed by atoms with Crippen LogP contribution in [0.1, 0.15) is 13.3 Å². The molecule has 0 atom stereocenters. The van der Waals surface area contributed by atoms with Gasteiger partial charge in [-0.05, 0) is 13.0 Å². The van der Waals surface area contributed by atoms with Crippen molar-refractivity contribution in [2.24, 2.45) is 0 Å². The van der Waals surface area contributed by atoms with Crippen molar-refractivity contribution in [2.75, 3.05) is 25.6 Å². The van der Waals surface area contributed by atoms with Crippen LogP contribution in [0.25, 0.3) is 0 Å². The number of methoxy groups -OCH3 is 1. The first kappa shape index (κ1) is 14.7. The number of hydrogen-bond acceptors (Lipinski definition) is 5. The number of hydrogen-bond donors (Lipinski definition) is 2. The first-order valence-electron chi connectivity index (χ1n) is 5.86. The van der Waals surface area contributed by atoms with E-state index in [1.807, 2.05) is 0 Å². The number of nitrogens with one attached hydrogen (secondary N) is 2. The van der Waals surface area contributed by atoms with Gasteiger partial charge in [0.15, 0.2) is 0 Å². The lowest BCUT2D eigenvalue weighted by atomic mass is 10.4. The molecule has 0 saturated heterocycles. The fraction of sp³-hybridized carbons (Fsp3) is 0.417. The van der Waals surface area contributed by atoms with Gasteiger partial charge in [-0.2, -0.15) is 0 Å². The van der Waals surface area contributed by atoms with Crippen LogP contribution < -0.4 is 15.4 Å². The highest BCUT2D eigenvalue weighted by Crippen LogP contribution is 2.10. The molecule has 0 spiro atoms. The number of carbonyl (C=O) groups is 2. The Kier molecular flexibility index (Phi) is 6.14. The Morgan fingerprint density at radius 1 is 1.37 bits per heavy atom. The summed E-state index contributed by atoms with van der Waals surface area (Å²) < 4.78 is 9.63. The number of aromatic nitrogens is 1. The second-order valence-corrected chi connectivity index (χ2v) is 3.53. The fourth-order valence-corrected chi connectivity index (χ4v) is 1.26. The molecule has 0 saturated carbocycles. The Balaban J connectivity index is 2.28. The van der Waals surface area contributed by atoms with Gasteiger partial charge < -0.3 is 20.1 Å². The molecule has 7 heteroatoms. The third kappa shape index (κ3) is 5.71. The van der Waals surface area contributed by atoms with E-state index in [1.165, 1.54) is 13.3 Å². The summed E-state index contributed by atoms with van der Waals surface area (Å²) >= 11 is 0. The van der Waals surface area contributed by atoms with Crippen molar-refractivity contribution >= 4 is 17.7 Å². The molecule has 19 heavy (non-hydrogen) atoms. The van der Waals surface area contributed by atoms with Crippen LogP contribution in [0.5, 0.6) is 5.88 Å². The smallest absolute Gasteiger partial charge is 0.319 e. The van der Waals surface area contributed by atoms with Gasteiger partial charge in [0.25, 0.3) is 0 Å². The second-order valence-electron chi connectivity index (χ2n) is 3.53. The summed E-state index contributed by atoms with van der Waals surface area (Å²) in [4.78, 5) is 26.5. The largest absolute Gasteiger partial charge is 0.481 e. The van der Waals surface area contributed by atoms with E-state index in [9.17, 15) is 9.59 Å². The van der Waals surface area contributed by atoms with Crippen LogP contribution in [0.15, 0.2) is 18.3 Å². The van der Waals surface area contributed by atoms with E-state index in [0.717, 1.165) is 0 Å². The summed E-state index contributed by atoms with van der Waals surface area (Å²) in [6.45, 7) is 2.28. The van der Waals surface area contributed by atoms with Gasteiger partial charge in [0, 0.05) is 12.6 Å². The maximum absolute atomic E-state index is 11.5. The topological polar surface area (TPSA) is 89.5 Å². The van der Waals surface area contributed by atoms with E-state index < -0.39 is 6.03 Å². The van der Waals surface area contributed by atoms with Gasteiger partial charge in [-0.1, -0.05) is 0 Å². The number of urea groups is 1. The van der Waals surface area contributed by atoms with Crippen molar-refractivity contribution in [1.82, 2.24) is 10.3 Å². The molecule has 1 heterocycles. The average Bonchev–Trinajstić information content (AvgIpc) is 2.40. The van der Waals surface area contributed by atoms with Crippen LogP contribution in [-0.4, -0.2) is 37.2 Å². The maximum Gasteiger partial charge on any atom is 0.319 e. The van der Waals surface area contributed by atoms with E-state index in [0.29, 0.717) is 18.2 Å². The van der Waals surface area contributed by atoms with Gasteiger partial charge >= 0.3 is 12.0 Å². The van der Waals surface area contributed by atoms with Gasteiger partial charge in [-0.25, -0.2) is 9.78 Å². The first-order chi connectivity index (χ1) is 9.15. The summed E-state index contributed by atoms with van der Waals surface area (Å²) in [5.74, 6) is 0.127. The van der Waals surface area contributed by atoms with Crippen molar-refractivity contribution in [3.8, 4) is 5.88 Å². The summed E-state index contributed by atoms with van der Waals surface area (Å²) in [6, 6.07) is 2.89. The molecule has 2 amide bonds. The number of anilines is 1. The third-order valence-electron chi connectivity index (χ3n) is 2.12. The van der Waals surface area contributed by atoms with Crippen LogP contribution in [0.2, 0.25) is 0 Å². The first-order valence-corrected chi connectivity index (χ1v) is 5.86. The lowest BCUT2D eigenvalue weighted by Gasteiger charge is -2.07. The summed E-state index contributed by atoms with van der Waals surface area (Å²) in [5.41, 5.74) is 0.537. The van der Waals surface area contributed by atoms with E-state index in [1.54, 1.807) is 19.1 Å². The molecule has 1 rings (SSSR count). The van der Waals surface area contributed by atoms with Gasteiger partial charge in [-0.15, -0.1) is 0 Å². The predicted octanol–water partition coefficient (Wildman–Crippen LogP) is 1.16. The number of esters is 1. The van der Waals surface area contributed by atoms with E-state index in [2.05, 4.69) is 15.6 Å². The molecule has 0 aliphatic heterocycles. The molecule has 0 radical (unpaired) electrons. The molecule has 1 aromatic rings. The van der Waals surface area contributed by atoms with Gasteiger partial charge in [-0.3, -0.25) is 4.79 Å². The van der Waals surface area contributed by atoms with Crippen LogP contribution in [0.3, 0.4) is 0 Å². The Hall–Kier alpha value is -2.31. The standard InChI is InChI=1S/C12H17N3O4/c1-3-19-11(16)6-7-13-12(17)15-9-4-5-10(18-2)14-8-9/h4-5,8H,3,6-7H2,1-2H3,(H2,13,15,17). The molecular formula is C12H17N3O4. The molecule has 0 unspecified atom stereocenters.